The van der Waals surface area contributed by atoms with Gasteiger partial charge in [-0.2, -0.15) is 0 Å². The second-order valence-corrected chi connectivity index (χ2v) is 6.63. The molecule has 0 amide bonds. The van der Waals surface area contributed by atoms with Crippen molar-refractivity contribution in [2.75, 3.05) is 24.8 Å². The lowest BCUT2D eigenvalue weighted by atomic mass is 10.3. The van der Waals surface area contributed by atoms with Crippen LogP contribution in [0.15, 0.2) is 16.5 Å². The van der Waals surface area contributed by atoms with Gasteiger partial charge in [0.25, 0.3) is 0 Å². The Balaban J connectivity index is 2.75. The molecule has 0 aliphatic heterocycles. The van der Waals surface area contributed by atoms with Gasteiger partial charge in [0, 0.05) is 24.8 Å². The van der Waals surface area contributed by atoms with Crippen molar-refractivity contribution in [1.29, 1.82) is 0 Å². The van der Waals surface area contributed by atoms with Crippen LogP contribution in [0, 0.1) is 10.1 Å². The third-order valence-corrected chi connectivity index (χ3v) is 4.60. The van der Waals surface area contributed by atoms with Gasteiger partial charge in [0.1, 0.15) is 16.8 Å². The van der Waals surface area contributed by atoms with E-state index in [1.165, 1.54) is 12.1 Å². The number of hydrogen-bond acceptors (Lipinski definition) is 5. The quantitative estimate of drug-likeness (QED) is 0.286. The van der Waals surface area contributed by atoms with E-state index >= 15 is 0 Å². The first-order chi connectivity index (χ1) is 9.91. The number of nitrogens with one attached hydrogen (secondary N) is 2. The zero-order valence-electron chi connectivity index (χ0n) is 11.3. The Morgan fingerprint density at radius 1 is 1.38 bits per heavy atom. The molecule has 1 aromatic heterocycles. The van der Waals surface area contributed by atoms with E-state index in [0.717, 1.165) is 0 Å². The van der Waals surface area contributed by atoms with Gasteiger partial charge in [-0.25, -0.2) is 10.2 Å². The van der Waals surface area contributed by atoms with Crippen LogP contribution in [0.25, 0.3) is 0 Å². The Bertz CT molecular complexity index is 501. The summed E-state index contributed by atoms with van der Waals surface area (Å²) in [5.74, 6) is 0.285. The summed E-state index contributed by atoms with van der Waals surface area (Å²) in [6.45, 7) is 2.10. The summed E-state index contributed by atoms with van der Waals surface area (Å²) in [4.78, 5) is 9.91. The average Bonchev–Trinajstić information content (AvgIpc) is 2.93. The standard InChI is InChI=1S/C10H16Cl2N3O5P/c1-8(9-2-3-10(19-9)15(16)17)20-21(18,13-6-4-11)14-7-5-12/h2-3,8H,4-7H2,1H3,(H2,13,14,18). The molecule has 8 nitrogen and oxygen atoms in total. The normalized spacial score (nSPS) is 13.3. The Hall–Kier alpha value is -0.630. The van der Waals surface area contributed by atoms with E-state index in [1.54, 1.807) is 6.92 Å². The number of rotatable bonds is 10. The van der Waals surface area contributed by atoms with Crippen LogP contribution < -0.4 is 10.2 Å². The number of nitrogens with zero attached hydrogens (tertiary/aromatic N) is 1. The van der Waals surface area contributed by atoms with E-state index in [2.05, 4.69) is 10.2 Å². The predicted molar refractivity (Wildman–Crippen MR) is 79.9 cm³/mol. The highest BCUT2D eigenvalue weighted by atomic mass is 35.5. The average molecular weight is 360 g/mol. The molecule has 1 aromatic rings. The Kier molecular flexibility index (Phi) is 7.65. The molecule has 120 valence electrons. The molecule has 1 atom stereocenters. The molecule has 1 heterocycles. The van der Waals surface area contributed by atoms with Gasteiger partial charge >= 0.3 is 13.6 Å². The van der Waals surface area contributed by atoms with Gasteiger partial charge in [-0.3, -0.25) is 19.2 Å². The van der Waals surface area contributed by atoms with Crippen LogP contribution in [-0.2, 0) is 9.09 Å². The topological polar surface area (TPSA) is 107 Å². The molecule has 11 heteroatoms. The highest BCUT2D eigenvalue weighted by Gasteiger charge is 2.27. The second-order valence-electron chi connectivity index (χ2n) is 3.93. The molecule has 21 heavy (non-hydrogen) atoms. The molecule has 0 aromatic carbocycles. The number of alkyl halides is 2. The fraction of sp³-hybridized carbons (Fsp3) is 0.600. The van der Waals surface area contributed by atoms with Gasteiger partial charge in [0.2, 0.25) is 0 Å². The summed E-state index contributed by atoms with van der Waals surface area (Å²) in [6.07, 6.45) is -0.754. The molecule has 0 fully saturated rings. The van der Waals surface area contributed by atoms with Crippen molar-refractivity contribution in [3.63, 3.8) is 0 Å². The second kappa shape index (κ2) is 8.73. The van der Waals surface area contributed by atoms with Gasteiger partial charge in [-0.05, 0) is 13.0 Å². The molecule has 0 aliphatic carbocycles. The largest absolute Gasteiger partial charge is 0.433 e. The lowest BCUT2D eigenvalue weighted by Gasteiger charge is -2.22. The van der Waals surface area contributed by atoms with Crippen LogP contribution in [0.3, 0.4) is 0 Å². The Labute approximate surface area is 131 Å². The first-order valence-electron chi connectivity index (χ1n) is 6.06. The van der Waals surface area contributed by atoms with E-state index in [9.17, 15) is 14.7 Å². The highest BCUT2D eigenvalue weighted by Crippen LogP contribution is 2.43. The fourth-order valence-electron chi connectivity index (χ4n) is 1.44. The summed E-state index contributed by atoms with van der Waals surface area (Å²) in [7, 11) is -3.39. The van der Waals surface area contributed by atoms with Crippen molar-refractivity contribution < 1.29 is 18.4 Å². The van der Waals surface area contributed by atoms with E-state index < -0.39 is 24.6 Å². The van der Waals surface area contributed by atoms with Gasteiger partial charge < -0.3 is 4.42 Å². The van der Waals surface area contributed by atoms with Crippen LogP contribution in [-0.4, -0.2) is 29.8 Å². The van der Waals surface area contributed by atoms with Gasteiger partial charge in [0.15, 0.2) is 0 Å². The molecule has 1 unspecified atom stereocenters. The lowest BCUT2D eigenvalue weighted by Crippen LogP contribution is -2.27. The minimum absolute atomic E-state index is 0.197. The maximum absolute atomic E-state index is 12.5. The van der Waals surface area contributed by atoms with Crippen LogP contribution in [0.1, 0.15) is 18.8 Å². The minimum Gasteiger partial charge on any atom is -0.403 e. The Morgan fingerprint density at radius 2 is 1.95 bits per heavy atom. The fourth-order valence-corrected chi connectivity index (χ4v) is 3.52. The molecule has 2 N–H and O–H groups in total. The van der Waals surface area contributed by atoms with Crippen molar-refractivity contribution in [3.05, 3.63) is 28.0 Å². The summed E-state index contributed by atoms with van der Waals surface area (Å²) >= 11 is 11.1. The van der Waals surface area contributed by atoms with Crippen LogP contribution >= 0.6 is 30.9 Å². The molecule has 0 aliphatic rings. The summed E-state index contributed by atoms with van der Waals surface area (Å²) in [5.41, 5.74) is 0. The zero-order valence-corrected chi connectivity index (χ0v) is 13.7. The summed E-state index contributed by atoms with van der Waals surface area (Å²) in [6, 6.07) is 2.61. The highest BCUT2D eigenvalue weighted by molar-refractivity contribution is 7.54. The van der Waals surface area contributed by atoms with E-state index in [-0.39, 0.29) is 30.6 Å². The van der Waals surface area contributed by atoms with Crippen LogP contribution in [0.5, 0.6) is 0 Å². The maximum Gasteiger partial charge on any atom is 0.433 e. The van der Waals surface area contributed by atoms with Gasteiger partial charge in [-0.1, -0.05) is 0 Å². The van der Waals surface area contributed by atoms with Crippen molar-refractivity contribution in [1.82, 2.24) is 10.2 Å². The lowest BCUT2D eigenvalue weighted by molar-refractivity contribution is -0.402. The van der Waals surface area contributed by atoms with Crippen molar-refractivity contribution in [3.8, 4) is 0 Å². The third kappa shape index (κ3) is 5.94. The van der Waals surface area contributed by atoms with Gasteiger partial charge in [-0.15, -0.1) is 23.2 Å². The summed E-state index contributed by atoms with van der Waals surface area (Å²) < 4.78 is 22.9. The summed E-state index contributed by atoms with van der Waals surface area (Å²) in [5, 5.41) is 15.9. The molecule has 0 saturated heterocycles. The molecule has 0 bridgehead atoms. The zero-order chi connectivity index (χ0) is 15.9. The SMILES string of the molecule is CC(OP(=O)(NCCCl)NCCCl)c1ccc([N+](=O)[O-])o1. The van der Waals surface area contributed by atoms with Crippen LogP contribution in [0.2, 0.25) is 0 Å². The maximum atomic E-state index is 12.5. The Morgan fingerprint density at radius 3 is 2.38 bits per heavy atom. The molecule has 0 spiro atoms. The number of furan rings is 1. The van der Waals surface area contributed by atoms with E-state index in [1.807, 2.05) is 0 Å². The molecular weight excluding hydrogens is 344 g/mol. The van der Waals surface area contributed by atoms with Crippen molar-refractivity contribution in [2.45, 2.75) is 13.0 Å². The van der Waals surface area contributed by atoms with E-state index in [4.69, 9.17) is 32.1 Å². The monoisotopic (exact) mass is 359 g/mol. The first kappa shape index (κ1) is 18.4. The predicted octanol–water partition coefficient (Wildman–Crippen LogP) is 3.03. The molecular formula is C10H16Cl2N3O5P. The smallest absolute Gasteiger partial charge is 0.403 e. The van der Waals surface area contributed by atoms with Crippen molar-refractivity contribution in [2.24, 2.45) is 0 Å². The van der Waals surface area contributed by atoms with E-state index in [0.29, 0.717) is 0 Å². The molecule has 1 rings (SSSR count). The molecule has 0 radical (unpaired) electrons. The number of halogens is 2. The van der Waals surface area contributed by atoms with Crippen molar-refractivity contribution >= 4 is 36.8 Å². The minimum atomic E-state index is -3.39. The number of hydrogen-bond donors (Lipinski definition) is 2. The number of nitro groups is 1. The third-order valence-electron chi connectivity index (χ3n) is 2.33. The van der Waals surface area contributed by atoms with Crippen LogP contribution in [0.4, 0.5) is 5.88 Å². The first-order valence-corrected chi connectivity index (χ1v) is 8.76. The molecule has 0 saturated carbocycles. The van der Waals surface area contributed by atoms with Gasteiger partial charge in [0.05, 0.1) is 6.07 Å².